The van der Waals surface area contributed by atoms with Gasteiger partial charge in [-0.25, -0.2) is 0 Å². The number of carbonyl (C=O) groups is 2. The SMILES string of the molecule is COc1ccc(CCC(C)=O)cc1C(C)=O. The molecule has 0 unspecified atom stereocenters. The van der Waals surface area contributed by atoms with Crippen LogP contribution in [0.25, 0.3) is 0 Å². The van der Waals surface area contributed by atoms with Gasteiger partial charge in [-0.2, -0.15) is 0 Å². The van der Waals surface area contributed by atoms with Crippen LogP contribution in [-0.2, 0) is 11.2 Å². The quantitative estimate of drug-likeness (QED) is 0.716. The molecule has 0 atom stereocenters. The van der Waals surface area contributed by atoms with Crippen LogP contribution in [0, 0.1) is 0 Å². The Balaban J connectivity index is 2.93. The normalized spacial score (nSPS) is 9.94. The molecule has 0 aromatic heterocycles. The molecule has 0 heterocycles. The number of hydrogen-bond acceptors (Lipinski definition) is 3. The molecule has 0 aliphatic heterocycles. The van der Waals surface area contributed by atoms with E-state index in [0.29, 0.717) is 24.2 Å². The Labute approximate surface area is 95.4 Å². The Hall–Kier alpha value is -1.64. The summed E-state index contributed by atoms with van der Waals surface area (Å²) in [6.45, 7) is 3.07. The first-order valence-electron chi connectivity index (χ1n) is 5.22. The molecular formula is C13H16O3. The van der Waals surface area contributed by atoms with E-state index in [9.17, 15) is 9.59 Å². The molecule has 0 bridgehead atoms. The fraction of sp³-hybridized carbons (Fsp3) is 0.385. The third kappa shape index (κ3) is 3.19. The summed E-state index contributed by atoms with van der Waals surface area (Å²) in [5, 5.41) is 0. The van der Waals surface area contributed by atoms with Gasteiger partial charge < -0.3 is 9.53 Å². The van der Waals surface area contributed by atoms with Crippen molar-refractivity contribution in [2.75, 3.05) is 7.11 Å². The fourth-order valence-corrected chi connectivity index (χ4v) is 1.51. The zero-order chi connectivity index (χ0) is 12.1. The van der Waals surface area contributed by atoms with Crippen molar-refractivity contribution in [3.63, 3.8) is 0 Å². The highest BCUT2D eigenvalue weighted by molar-refractivity contribution is 5.97. The van der Waals surface area contributed by atoms with Crippen LogP contribution in [0.1, 0.15) is 36.2 Å². The summed E-state index contributed by atoms with van der Waals surface area (Å²) in [6, 6.07) is 5.45. The first-order chi connectivity index (χ1) is 7.54. The lowest BCUT2D eigenvalue weighted by molar-refractivity contribution is -0.116. The van der Waals surface area contributed by atoms with E-state index in [4.69, 9.17) is 4.74 Å². The summed E-state index contributed by atoms with van der Waals surface area (Å²) in [4.78, 5) is 22.2. The number of benzene rings is 1. The van der Waals surface area contributed by atoms with Crippen LogP contribution in [0.4, 0.5) is 0 Å². The Morgan fingerprint density at radius 2 is 1.94 bits per heavy atom. The summed E-state index contributed by atoms with van der Waals surface area (Å²) in [5.41, 5.74) is 1.56. The molecule has 86 valence electrons. The van der Waals surface area contributed by atoms with Crippen LogP contribution < -0.4 is 4.74 Å². The zero-order valence-electron chi connectivity index (χ0n) is 9.87. The van der Waals surface area contributed by atoms with E-state index in [-0.39, 0.29) is 11.6 Å². The molecule has 0 aliphatic carbocycles. The highest BCUT2D eigenvalue weighted by atomic mass is 16.5. The number of ketones is 2. The molecule has 0 spiro atoms. The monoisotopic (exact) mass is 220 g/mol. The maximum atomic E-state index is 11.4. The summed E-state index contributed by atoms with van der Waals surface area (Å²) < 4.78 is 5.10. The standard InChI is InChI=1S/C13H16O3/c1-9(14)4-5-11-6-7-13(16-3)12(8-11)10(2)15/h6-8H,4-5H2,1-3H3. The molecule has 1 aromatic carbocycles. The maximum Gasteiger partial charge on any atom is 0.163 e. The predicted molar refractivity (Wildman–Crippen MR) is 62.0 cm³/mol. The number of hydrogen-bond donors (Lipinski definition) is 0. The minimum atomic E-state index is -0.0264. The van der Waals surface area contributed by atoms with E-state index >= 15 is 0 Å². The summed E-state index contributed by atoms with van der Waals surface area (Å²) in [7, 11) is 1.54. The summed E-state index contributed by atoms with van der Waals surface area (Å²) in [6.07, 6.45) is 1.17. The van der Waals surface area contributed by atoms with Gasteiger partial charge in [0.25, 0.3) is 0 Å². The average Bonchev–Trinajstić information content (AvgIpc) is 2.25. The van der Waals surface area contributed by atoms with E-state index in [1.54, 1.807) is 19.1 Å². The molecule has 0 N–H and O–H groups in total. The van der Waals surface area contributed by atoms with Crippen LogP contribution in [0.5, 0.6) is 5.75 Å². The highest BCUT2D eigenvalue weighted by Gasteiger charge is 2.09. The van der Waals surface area contributed by atoms with Crippen LogP contribution in [0.2, 0.25) is 0 Å². The van der Waals surface area contributed by atoms with E-state index in [1.165, 1.54) is 14.0 Å². The highest BCUT2D eigenvalue weighted by Crippen LogP contribution is 2.21. The Morgan fingerprint density at radius 3 is 2.44 bits per heavy atom. The summed E-state index contributed by atoms with van der Waals surface area (Å²) in [5.74, 6) is 0.709. The molecule has 0 saturated heterocycles. The number of rotatable bonds is 5. The second-order valence-corrected chi connectivity index (χ2v) is 3.79. The molecule has 0 fully saturated rings. The van der Waals surface area contributed by atoms with Gasteiger partial charge in [0.05, 0.1) is 12.7 Å². The molecule has 1 rings (SSSR count). The van der Waals surface area contributed by atoms with Gasteiger partial charge in [-0.3, -0.25) is 4.79 Å². The van der Waals surface area contributed by atoms with E-state index in [0.717, 1.165) is 5.56 Å². The molecule has 1 aromatic rings. The topological polar surface area (TPSA) is 43.4 Å². The maximum absolute atomic E-state index is 11.4. The predicted octanol–water partition coefficient (Wildman–Crippen LogP) is 2.42. The lowest BCUT2D eigenvalue weighted by Gasteiger charge is -2.07. The molecule has 0 radical (unpaired) electrons. The smallest absolute Gasteiger partial charge is 0.163 e. The second kappa shape index (κ2) is 5.45. The minimum absolute atomic E-state index is 0.0264. The summed E-state index contributed by atoms with van der Waals surface area (Å²) >= 11 is 0. The first-order valence-corrected chi connectivity index (χ1v) is 5.22. The lowest BCUT2D eigenvalue weighted by Crippen LogP contribution is -2.00. The minimum Gasteiger partial charge on any atom is -0.496 e. The van der Waals surface area contributed by atoms with Gasteiger partial charge in [-0.1, -0.05) is 6.07 Å². The number of carbonyl (C=O) groups excluding carboxylic acids is 2. The van der Waals surface area contributed by atoms with Gasteiger partial charge in [-0.15, -0.1) is 0 Å². The zero-order valence-corrected chi connectivity index (χ0v) is 9.87. The molecule has 3 nitrogen and oxygen atoms in total. The first kappa shape index (κ1) is 12.4. The van der Waals surface area contributed by atoms with Crippen LogP contribution in [0.15, 0.2) is 18.2 Å². The van der Waals surface area contributed by atoms with Crippen molar-refractivity contribution in [3.05, 3.63) is 29.3 Å². The molecular weight excluding hydrogens is 204 g/mol. The Kier molecular flexibility index (Phi) is 4.23. The van der Waals surface area contributed by atoms with Gasteiger partial charge in [0.2, 0.25) is 0 Å². The van der Waals surface area contributed by atoms with Crippen LogP contribution in [-0.4, -0.2) is 18.7 Å². The largest absolute Gasteiger partial charge is 0.496 e. The Morgan fingerprint density at radius 1 is 1.25 bits per heavy atom. The molecule has 0 amide bonds. The lowest BCUT2D eigenvalue weighted by atomic mass is 10.0. The average molecular weight is 220 g/mol. The second-order valence-electron chi connectivity index (χ2n) is 3.79. The van der Waals surface area contributed by atoms with Crippen molar-refractivity contribution in [1.29, 1.82) is 0 Å². The molecule has 0 saturated carbocycles. The molecule has 16 heavy (non-hydrogen) atoms. The molecule has 0 aliphatic rings. The van der Waals surface area contributed by atoms with Crippen molar-refractivity contribution in [2.24, 2.45) is 0 Å². The van der Waals surface area contributed by atoms with E-state index in [1.807, 2.05) is 6.07 Å². The van der Waals surface area contributed by atoms with Crippen molar-refractivity contribution < 1.29 is 14.3 Å². The molecule has 3 heteroatoms. The van der Waals surface area contributed by atoms with Gasteiger partial charge >= 0.3 is 0 Å². The van der Waals surface area contributed by atoms with Gasteiger partial charge in [0.1, 0.15) is 11.5 Å². The van der Waals surface area contributed by atoms with Gasteiger partial charge in [0, 0.05) is 6.42 Å². The number of aryl methyl sites for hydroxylation is 1. The fourth-order valence-electron chi connectivity index (χ4n) is 1.51. The van der Waals surface area contributed by atoms with Crippen LogP contribution in [0.3, 0.4) is 0 Å². The van der Waals surface area contributed by atoms with Crippen LogP contribution >= 0.6 is 0 Å². The van der Waals surface area contributed by atoms with E-state index in [2.05, 4.69) is 0 Å². The van der Waals surface area contributed by atoms with Gasteiger partial charge in [0.15, 0.2) is 5.78 Å². The van der Waals surface area contributed by atoms with Crippen molar-refractivity contribution in [1.82, 2.24) is 0 Å². The Bertz CT molecular complexity index is 408. The third-order valence-electron chi connectivity index (χ3n) is 2.41. The third-order valence-corrected chi connectivity index (χ3v) is 2.41. The van der Waals surface area contributed by atoms with E-state index < -0.39 is 0 Å². The number of Topliss-reactive ketones (excluding diaryl/α,β-unsaturated/α-hetero) is 2. The van der Waals surface area contributed by atoms with Crippen molar-refractivity contribution in [3.8, 4) is 5.75 Å². The van der Waals surface area contributed by atoms with Crippen molar-refractivity contribution in [2.45, 2.75) is 26.7 Å². The van der Waals surface area contributed by atoms with Gasteiger partial charge in [-0.05, 0) is 38.0 Å². The van der Waals surface area contributed by atoms with Crippen molar-refractivity contribution >= 4 is 11.6 Å². The number of ether oxygens (including phenoxy) is 1. The number of methoxy groups -OCH3 is 1.